The number of phenolic OH excluding ortho intramolecular Hbond substituents is 2. The second kappa shape index (κ2) is 4.34. The van der Waals surface area contributed by atoms with E-state index >= 15 is 0 Å². The molecule has 21 heavy (non-hydrogen) atoms. The molecule has 0 aliphatic heterocycles. The molecule has 1 aliphatic rings. The fourth-order valence-corrected chi connectivity index (χ4v) is 2.58. The minimum absolute atomic E-state index is 0.000225. The van der Waals surface area contributed by atoms with Crippen LogP contribution in [-0.2, 0) is 0 Å². The third kappa shape index (κ3) is 1.64. The van der Waals surface area contributed by atoms with Crippen LogP contribution in [0.5, 0.6) is 17.2 Å². The number of phenols is 2. The summed E-state index contributed by atoms with van der Waals surface area (Å²) in [5.41, 5.74) is 0.769. The molecule has 5 nitrogen and oxygen atoms in total. The Morgan fingerprint density at radius 2 is 1.48 bits per heavy atom. The minimum Gasteiger partial charge on any atom is -0.507 e. The molecule has 0 aromatic heterocycles. The minimum atomic E-state index is -0.459. The van der Waals surface area contributed by atoms with Crippen molar-refractivity contribution in [3.05, 3.63) is 52.1 Å². The van der Waals surface area contributed by atoms with Crippen LogP contribution in [0.15, 0.2) is 24.3 Å². The first-order valence-electron chi connectivity index (χ1n) is 6.29. The molecule has 2 N–H and O–H groups in total. The summed E-state index contributed by atoms with van der Waals surface area (Å²) < 4.78 is 5.05. The summed E-state index contributed by atoms with van der Waals surface area (Å²) in [5.74, 6) is -1.35. The molecule has 1 aliphatic carbocycles. The first-order chi connectivity index (χ1) is 9.97. The number of aromatic hydroxyl groups is 2. The molecule has 0 atom stereocenters. The lowest BCUT2D eigenvalue weighted by atomic mass is 9.82. The predicted octanol–water partition coefficient (Wildman–Crippen LogP) is 2.19. The van der Waals surface area contributed by atoms with Crippen LogP contribution in [0.4, 0.5) is 0 Å². The van der Waals surface area contributed by atoms with Gasteiger partial charge in [-0.1, -0.05) is 6.07 Å². The fourth-order valence-electron chi connectivity index (χ4n) is 2.58. The zero-order chi connectivity index (χ0) is 15.3. The van der Waals surface area contributed by atoms with E-state index in [1.165, 1.54) is 25.3 Å². The summed E-state index contributed by atoms with van der Waals surface area (Å²) in [6, 6.07) is 5.72. The van der Waals surface area contributed by atoms with Crippen LogP contribution < -0.4 is 4.74 Å². The van der Waals surface area contributed by atoms with Gasteiger partial charge >= 0.3 is 0 Å². The van der Waals surface area contributed by atoms with Gasteiger partial charge in [0.05, 0.1) is 18.2 Å². The molecule has 0 radical (unpaired) electrons. The second-order valence-corrected chi connectivity index (χ2v) is 4.85. The number of fused-ring (bicyclic) bond motifs is 2. The Morgan fingerprint density at radius 1 is 0.905 bits per heavy atom. The molecule has 2 aromatic carbocycles. The third-order valence-electron chi connectivity index (χ3n) is 3.66. The zero-order valence-corrected chi connectivity index (χ0v) is 11.4. The number of ketones is 2. The van der Waals surface area contributed by atoms with Gasteiger partial charge in [0.25, 0.3) is 0 Å². The van der Waals surface area contributed by atoms with Gasteiger partial charge in [0, 0.05) is 11.1 Å². The standard InChI is InChI=1S/C16H12O5/c1-7-3-4-8-11(13(7)18)14(19)9-5-6-10(17)16(21-2)12(9)15(8)20/h3-6,17-18H,1-2H3. The largest absolute Gasteiger partial charge is 0.507 e. The molecular formula is C16H12O5. The van der Waals surface area contributed by atoms with E-state index in [0.29, 0.717) is 5.56 Å². The number of ether oxygens (including phenoxy) is 1. The maximum atomic E-state index is 12.6. The molecule has 2 aromatic rings. The van der Waals surface area contributed by atoms with E-state index in [9.17, 15) is 19.8 Å². The van der Waals surface area contributed by atoms with E-state index in [1.807, 2.05) is 0 Å². The number of methoxy groups -OCH3 is 1. The Balaban J connectivity index is 2.38. The van der Waals surface area contributed by atoms with Crippen LogP contribution in [0.1, 0.15) is 37.4 Å². The van der Waals surface area contributed by atoms with Gasteiger partial charge in [-0.15, -0.1) is 0 Å². The van der Waals surface area contributed by atoms with Crippen molar-refractivity contribution in [3.8, 4) is 17.2 Å². The quantitative estimate of drug-likeness (QED) is 0.715. The highest BCUT2D eigenvalue weighted by atomic mass is 16.5. The molecule has 0 spiro atoms. The van der Waals surface area contributed by atoms with Crippen molar-refractivity contribution in [1.82, 2.24) is 0 Å². The van der Waals surface area contributed by atoms with E-state index in [4.69, 9.17) is 4.74 Å². The summed E-state index contributed by atoms with van der Waals surface area (Å²) in [4.78, 5) is 25.2. The molecule has 3 rings (SSSR count). The summed E-state index contributed by atoms with van der Waals surface area (Å²) >= 11 is 0. The predicted molar refractivity (Wildman–Crippen MR) is 74.4 cm³/mol. The van der Waals surface area contributed by atoms with Gasteiger partial charge in [-0.3, -0.25) is 9.59 Å². The van der Waals surface area contributed by atoms with Gasteiger partial charge in [-0.25, -0.2) is 0 Å². The molecule has 0 amide bonds. The maximum absolute atomic E-state index is 12.6. The van der Waals surface area contributed by atoms with E-state index < -0.39 is 11.6 Å². The third-order valence-corrected chi connectivity index (χ3v) is 3.66. The van der Waals surface area contributed by atoms with Gasteiger partial charge in [0.2, 0.25) is 0 Å². The van der Waals surface area contributed by atoms with Gasteiger partial charge in [0.1, 0.15) is 5.75 Å². The molecule has 0 saturated heterocycles. The van der Waals surface area contributed by atoms with Crippen molar-refractivity contribution in [1.29, 1.82) is 0 Å². The molecule has 106 valence electrons. The number of aryl methyl sites for hydroxylation is 1. The fraction of sp³-hybridized carbons (Fsp3) is 0.125. The van der Waals surface area contributed by atoms with Crippen LogP contribution in [-0.4, -0.2) is 28.9 Å². The van der Waals surface area contributed by atoms with Crippen molar-refractivity contribution in [2.24, 2.45) is 0 Å². The molecule has 0 heterocycles. The Morgan fingerprint density at radius 3 is 2.14 bits per heavy atom. The van der Waals surface area contributed by atoms with E-state index in [1.54, 1.807) is 13.0 Å². The number of carbonyl (C=O) groups is 2. The van der Waals surface area contributed by atoms with Crippen molar-refractivity contribution < 1.29 is 24.5 Å². The van der Waals surface area contributed by atoms with Crippen LogP contribution >= 0.6 is 0 Å². The monoisotopic (exact) mass is 284 g/mol. The topological polar surface area (TPSA) is 83.8 Å². The molecule has 0 unspecified atom stereocenters. The summed E-state index contributed by atoms with van der Waals surface area (Å²) in [7, 11) is 1.31. The highest BCUT2D eigenvalue weighted by Gasteiger charge is 2.35. The molecule has 0 fully saturated rings. The first kappa shape index (κ1) is 13.2. The lowest BCUT2D eigenvalue weighted by Gasteiger charge is -2.21. The van der Waals surface area contributed by atoms with Crippen LogP contribution in [0.25, 0.3) is 0 Å². The highest BCUT2D eigenvalue weighted by molar-refractivity contribution is 6.30. The smallest absolute Gasteiger partial charge is 0.198 e. The van der Waals surface area contributed by atoms with Crippen LogP contribution in [0.2, 0.25) is 0 Å². The SMILES string of the molecule is COc1c(O)ccc2c1C(=O)c1ccc(C)c(O)c1C2=O. The average Bonchev–Trinajstić information content (AvgIpc) is 2.47. The van der Waals surface area contributed by atoms with Gasteiger partial charge in [-0.2, -0.15) is 0 Å². The van der Waals surface area contributed by atoms with E-state index in [-0.39, 0.29) is 39.5 Å². The lowest BCUT2D eigenvalue weighted by molar-refractivity contribution is 0.0973. The number of hydrogen-bond donors (Lipinski definition) is 2. The summed E-state index contributed by atoms with van der Waals surface area (Å²) in [5, 5.41) is 19.9. The molecule has 0 bridgehead atoms. The first-order valence-corrected chi connectivity index (χ1v) is 6.29. The molecular weight excluding hydrogens is 272 g/mol. The van der Waals surface area contributed by atoms with Gasteiger partial charge in [0.15, 0.2) is 23.1 Å². The van der Waals surface area contributed by atoms with Crippen molar-refractivity contribution in [2.45, 2.75) is 6.92 Å². The average molecular weight is 284 g/mol. The summed E-state index contributed by atoms with van der Waals surface area (Å²) in [6.45, 7) is 1.65. The van der Waals surface area contributed by atoms with Crippen LogP contribution in [0.3, 0.4) is 0 Å². The summed E-state index contributed by atoms with van der Waals surface area (Å²) in [6.07, 6.45) is 0. The highest BCUT2D eigenvalue weighted by Crippen LogP contribution is 2.41. The Hall–Kier alpha value is -2.82. The molecule has 5 heteroatoms. The Kier molecular flexibility index (Phi) is 2.73. The second-order valence-electron chi connectivity index (χ2n) is 4.85. The molecule has 0 saturated carbocycles. The lowest BCUT2D eigenvalue weighted by Crippen LogP contribution is -2.22. The van der Waals surface area contributed by atoms with Crippen molar-refractivity contribution in [3.63, 3.8) is 0 Å². The number of rotatable bonds is 1. The van der Waals surface area contributed by atoms with Crippen molar-refractivity contribution in [2.75, 3.05) is 7.11 Å². The van der Waals surface area contributed by atoms with Crippen molar-refractivity contribution >= 4 is 11.6 Å². The van der Waals surface area contributed by atoms with E-state index in [2.05, 4.69) is 0 Å². The number of benzene rings is 2. The normalized spacial score (nSPS) is 12.9. The number of hydrogen-bond acceptors (Lipinski definition) is 5. The van der Waals surface area contributed by atoms with Gasteiger partial charge < -0.3 is 14.9 Å². The van der Waals surface area contributed by atoms with Gasteiger partial charge in [-0.05, 0) is 30.7 Å². The van der Waals surface area contributed by atoms with E-state index in [0.717, 1.165) is 0 Å². The van der Waals surface area contributed by atoms with Crippen LogP contribution in [0, 0.1) is 6.92 Å². The number of carbonyl (C=O) groups excluding carboxylic acids is 2. The maximum Gasteiger partial charge on any atom is 0.198 e. The Labute approximate surface area is 120 Å². The Bertz CT molecular complexity index is 805. The zero-order valence-electron chi connectivity index (χ0n) is 11.4.